The molecule has 0 atom stereocenters. The molecule has 1 rings (SSSR count). The number of amides is 1. The minimum atomic E-state index is -0.322. The number of benzene rings is 1. The molecule has 4 nitrogen and oxygen atoms in total. The van der Waals surface area contributed by atoms with Gasteiger partial charge in [0.1, 0.15) is 6.61 Å². The zero-order chi connectivity index (χ0) is 13.5. The molecule has 0 aliphatic carbocycles. The number of hydrogen-bond donors (Lipinski definition) is 0. The van der Waals surface area contributed by atoms with Crippen molar-refractivity contribution < 1.29 is 14.3 Å². The molecule has 0 saturated heterocycles. The van der Waals surface area contributed by atoms with Gasteiger partial charge in [-0.15, -0.1) is 0 Å². The highest BCUT2D eigenvalue weighted by atomic mass is 16.5. The summed E-state index contributed by atoms with van der Waals surface area (Å²) in [5, 5.41) is 0. The van der Waals surface area contributed by atoms with E-state index in [2.05, 4.69) is 0 Å². The first-order chi connectivity index (χ1) is 8.52. The van der Waals surface area contributed by atoms with Crippen LogP contribution in [-0.2, 0) is 9.53 Å². The summed E-state index contributed by atoms with van der Waals surface area (Å²) in [6.45, 7) is 1.57. The van der Waals surface area contributed by atoms with E-state index in [0.717, 1.165) is 5.56 Å². The molecular weight excluding hydrogens is 230 g/mol. The van der Waals surface area contributed by atoms with Gasteiger partial charge in [0.2, 0.25) is 0 Å². The molecule has 0 unspecified atom stereocenters. The van der Waals surface area contributed by atoms with Gasteiger partial charge in [-0.1, -0.05) is 24.3 Å². The lowest BCUT2D eigenvalue weighted by Crippen LogP contribution is -2.22. The van der Waals surface area contributed by atoms with E-state index >= 15 is 0 Å². The van der Waals surface area contributed by atoms with Crippen molar-refractivity contribution in [1.29, 1.82) is 0 Å². The van der Waals surface area contributed by atoms with E-state index in [1.807, 2.05) is 18.2 Å². The summed E-state index contributed by atoms with van der Waals surface area (Å²) in [7, 11) is 3.42. The highest BCUT2D eigenvalue weighted by molar-refractivity contribution is 5.97. The largest absolute Gasteiger partial charge is 0.462 e. The molecule has 4 heteroatoms. The molecule has 0 saturated carbocycles. The first kappa shape index (κ1) is 14.0. The lowest BCUT2D eigenvalue weighted by Gasteiger charge is -2.12. The number of hydrogen-bond acceptors (Lipinski definition) is 3. The molecule has 0 aliphatic rings. The van der Waals surface area contributed by atoms with Crippen molar-refractivity contribution in [2.45, 2.75) is 6.92 Å². The average molecular weight is 247 g/mol. The molecule has 96 valence electrons. The molecule has 0 spiro atoms. The van der Waals surface area contributed by atoms with Crippen molar-refractivity contribution in [1.82, 2.24) is 4.90 Å². The van der Waals surface area contributed by atoms with Crippen LogP contribution in [0.2, 0.25) is 0 Å². The van der Waals surface area contributed by atoms with Crippen molar-refractivity contribution in [2.24, 2.45) is 0 Å². The third-order valence-corrected chi connectivity index (χ3v) is 2.28. The van der Waals surface area contributed by atoms with Gasteiger partial charge in [0, 0.05) is 26.6 Å². The van der Waals surface area contributed by atoms with Crippen LogP contribution in [-0.4, -0.2) is 37.5 Å². The Morgan fingerprint density at radius 2 is 1.94 bits per heavy atom. The van der Waals surface area contributed by atoms with Gasteiger partial charge in [0.05, 0.1) is 0 Å². The van der Waals surface area contributed by atoms with Gasteiger partial charge in [-0.3, -0.25) is 9.59 Å². The van der Waals surface area contributed by atoms with E-state index in [-0.39, 0.29) is 18.5 Å². The molecule has 0 aliphatic heterocycles. The van der Waals surface area contributed by atoms with Gasteiger partial charge in [-0.25, -0.2) is 0 Å². The molecule has 1 aromatic rings. The molecule has 1 amide bonds. The fourth-order valence-electron chi connectivity index (χ4n) is 1.42. The van der Waals surface area contributed by atoms with E-state index in [0.29, 0.717) is 5.56 Å². The predicted octanol–water partition coefficient (Wildman–Crippen LogP) is 1.96. The summed E-state index contributed by atoms with van der Waals surface area (Å²) in [6.07, 6.45) is 3.49. The van der Waals surface area contributed by atoms with Gasteiger partial charge < -0.3 is 9.64 Å². The van der Waals surface area contributed by atoms with Crippen molar-refractivity contribution in [3.8, 4) is 0 Å². The SMILES string of the molecule is CC(=O)OC/C=C/c1ccccc1C(=O)N(C)C. The lowest BCUT2D eigenvalue weighted by atomic mass is 10.1. The Morgan fingerprint density at radius 1 is 1.28 bits per heavy atom. The standard InChI is InChI=1S/C14H17NO3/c1-11(16)18-10-6-8-12-7-4-5-9-13(12)14(17)15(2)3/h4-9H,10H2,1-3H3/b8-6+. The van der Waals surface area contributed by atoms with Crippen LogP contribution in [0.15, 0.2) is 30.3 Å². The molecule has 18 heavy (non-hydrogen) atoms. The van der Waals surface area contributed by atoms with E-state index < -0.39 is 0 Å². The number of carbonyl (C=O) groups excluding carboxylic acids is 2. The van der Waals surface area contributed by atoms with Gasteiger partial charge in [-0.05, 0) is 17.7 Å². The first-order valence-corrected chi connectivity index (χ1v) is 5.63. The monoisotopic (exact) mass is 247 g/mol. The van der Waals surface area contributed by atoms with E-state index in [1.54, 1.807) is 32.3 Å². The Hall–Kier alpha value is -2.10. The second kappa shape index (κ2) is 6.59. The van der Waals surface area contributed by atoms with Crippen LogP contribution < -0.4 is 0 Å². The molecule has 0 heterocycles. The summed E-state index contributed by atoms with van der Waals surface area (Å²) in [4.78, 5) is 24.0. The van der Waals surface area contributed by atoms with Crippen LogP contribution in [0.5, 0.6) is 0 Å². The number of carbonyl (C=O) groups is 2. The molecule has 0 bridgehead atoms. The third-order valence-electron chi connectivity index (χ3n) is 2.28. The minimum Gasteiger partial charge on any atom is -0.462 e. The van der Waals surface area contributed by atoms with Gasteiger partial charge in [0.25, 0.3) is 5.91 Å². The Kier molecular flexibility index (Phi) is 5.11. The highest BCUT2D eigenvalue weighted by Crippen LogP contribution is 2.12. The molecule has 0 radical (unpaired) electrons. The van der Waals surface area contributed by atoms with Crippen LogP contribution in [0, 0.1) is 0 Å². The quantitative estimate of drug-likeness (QED) is 0.764. The van der Waals surface area contributed by atoms with Crippen LogP contribution in [0.1, 0.15) is 22.8 Å². The summed E-state index contributed by atoms with van der Waals surface area (Å²) < 4.78 is 4.79. The number of rotatable bonds is 4. The molecule has 0 N–H and O–H groups in total. The minimum absolute atomic E-state index is 0.0530. The zero-order valence-corrected chi connectivity index (χ0v) is 10.8. The predicted molar refractivity (Wildman–Crippen MR) is 70.1 cm³/mol. The average Bonchev–Trinajstić information content (AvgIpc) is 2.34. The van der Waals surface area contributed by atoms with Gasteiger partial charge in [0.15, 0.2) is 0 Å². The van der Waals surface area contributed by atoms with E-state index in [9.17, 15) is 9.59 Å². The Bertz CT molecular complexity index is 464. The highest BCUT2D eigenvalue weighted by Gasteiger charge is 2.10. The van der Waals surface area contributed by atoms with Gasteiger partial charge >= 0.3 is 5.97 Å². The smallest absolute Gasteiger partial charge is 0.302 e. The number of esters is 1. The maximum absolute atomic E-state index is 11.9. The van der Waals surface area contributed by atoms with Crippen LogP contribution in [0.3, 0.4) is 0 Å². The summed E-state index contributed by atoms with van der Waals surface area (Å²) in [6, 6.07) is 7.30. The maximum Gasteiger partial charge on any atom is 0.302 e. The Morgan fingerprint density at radius 3 is 2.56 bits per heavy atom. The Balaban J connectivity index is 2.82. The summed E-state index contributed by atoms with van der Waals surface area (Å²) >= 11 is 0. The zero-order valence-electron chi connectivity index (χ0n) is 10.8. The molecule has 1 aromatic carbocycles. The molecular formula is C14H17NO3. The fourth-order valence-corrected chi connectivity index (χ4v) is 1.42. The first-order valence-electron chi connectivity index (χ1n) is 5.63. The topological polar surface area (TPSA) is 46.6 Å². The van der Waals surface area contributed by atoms with Crippen molar-refractivity contribution in [2.75, 3.05) is 20.7 Å². The van der Waals surface area contributed by atoms with Crippen molar-refractivity contribution in [3.63, 3.8) is 0 Å². The van der Waals surface area contributed by atoms with Crippen molar-refractivity contribution in [3.05, 3.63) is 41.5 Å². The number of ether oxygens (including phenoxy) is 1. The van der Waals surface area contributed by atoms with Crippen LogP contribution in [0.4, 0.5) is 0 Å². The van der Waals surface area contributed by atoms with Crippen LogP contribution in [0.25, 0.3) is 6.08 Å². The molecule has 0 fully saturated rings. The lowest BCUT2D eigenvalue weighted by molar-refractivity contribution is -0.139. The fraction of sp³-hybridized carbons (Fsp3) is 0.286. The summed E-state index contributed by atoms with van der Waals surface area (Å²) in [5.41, 5.74) is 1.44. The maximum atomic E-state index is 11.9. The van der Waals surface area contributed by atoms with Gasteiger partial charge in [-0.2, -0.15) is 0 Å². The third kappa shape index (κ3) is 4.05. The van der Waals surface area contributed by atoms with E-state index in [4.69, 9.17) is 4.74 Å². The normalized spacial score (nSPS) is 10.4. The Labute approximate surface area is 107 Å². The second-order valence-electron chi connectivity index (χ2n) is 3.99. The second-order valence-corrected chi connectivity index (χ2v) is 3.99. The summed E-state index contributed by atoms with van der Waals surface area (Å²) in [5.74, 6) is -0.375. The van der Waals surface area contributed by atoms with Crippen molar-refractivity contribution >= 4 is 18.0 Å². The van der Waals surface area contributed by atoms with Crippen LogP contribution >= 0.6 is 0 Å². The molecule has 0 aromatic heterocycles. The number of nitrogens with zero attached hydrogens (tertiary/aromatic N) is 1. The van der Waals surface area contributed by atoms with E-state index in [1.165, 1.54) is 11.8 Å².